The van der Waals surface area contributed by atoms with Gasteiger partial charge < -0.3 is 25.0 Å². The number of carbonyl (C=O) groups excluding carboxylic acids is 1. The number of anilines is 2. The van der Waals surface area contributed by atoms with Crippen molar-refractivity contribution >= 4 is 17.5 Å². The zero-order valence-electron chi connectivity index (χ0n) is 21.0. The Labute approximate surface area is 205 Å². The minimum Gasteiger partial charge on any atom is -0.377 e. The second-order valence-electron chi connectivity index (χ2n) is 8.39. The van der Waals surface area contributed by atoms with Crippen LogP contribution in [0.5, 0.6) is 0 Å². The van der Waals surface area contributed by atoms with Crippen LogP contribution >= 0.6 is 0 Å². The number of aromatic nitrogens is 2. The van der Waals surface area contributed by atoms with Crippen LogP contribution in [0.2, 0.25) is 0 Å². The molecule has 34 heavy (non-hydrogen) atoms. The maximum absolute atomic E-state index is 11.8. The number of nitrogens with zero attached hydrogens (tertiary/aromatic N) is 3. The molecule has 8 nitrogen and oxygen atoms in total. The molecular weight excluding hydrogens is 430 g/mol. The quantitative estimate of drug-likeness (QED) is 0.552. The summed E-state index contributed by atoms with van der Waals surface area (Å²) >= 11 is 0. The molecule has 2 N–H and O–H groups in total. The zero-order chi connectivity index (χ0) is 24.7. The molecule has 8 heteroatoms. The molecule has 0 saturated carbocycles. The fraction of sp³-hybridized carbons (Fsp3) is 0.500. The number of hydrogen-bond acceptors (Lipinski definition) is 6. The number of ether oxygens (including phenoxy) is 2. The predicted octanol–water partition coefficient (Wildman–Crippen LogP) is 5.35. The van der Waals surface area contributed by atoms with E-state index in [-0.39, 0.29) is 14.9 Å². The molecule has 1 unspecified atom stereocenters. The van der Waals surface area contributed by atoms with Crippen LogP contribution in [0.1, 0.15) is 55.2 Å². The summed E-state index contributed by atoms with van der Waals surface area (Å²) in [5, 5.41) is 5.54. The third kappa shape index (κ3) is 5.39. The van der Waals surface area contributed by atoms with Gasteiger partial charge in [0.15, 0.2) is 5.82 Å². The van der Waals surface area contributed by atoms with Crippen molar-refractivity contribution < 1.29 is 17.1 Å². The molecule has 1 saturated heterocycles. The number of hydrogen-bond donors (Lipinski definition) is 2. The highest BCUT2D eigenvalue weighted by atomic mass is 16.5. The summed E-state index contributed by atoms with van der Waals surface area (Å²) in [7, 11) is 0. The molecule has 1 aromatic carbocycles. The lowest BCUT2D eigenvalue weighted by Crippen LogP contribution is -2.44. The lowest BCUT2D eigenvalue weighted by molar-refractivity contribution is -0.0228. The molecule has 1 aromatic heterocycles. The smallest absolute Gasteiger partial charge is 0.319 e. The molecule has 0 radical (unpaired) electrons. The van der Waals surface area contributed by atoms with Gasteiger partial charge in [-0.15, -0.1) is 6.58 Å². The van der Waals surface area contributed by atoms with E-state index in [9.17, 15) is 4.79 Å². The van der Waals surface area contributed by atoms with Gasteiger partial charge in [-0.1, -0.05) is 19.9 Å². The largest absolute Gasteiger partial charge is 0.377 e. The Kier molecular flexibility index (Phi) is 8.63. The summed E-state index contributed by atoms with van der Waals surface area (Å²) in [5.74, 6) is 1.56. The Morgan fingerprint density at radius 3 is 2.71 bits per heavy atom. The number of carbonyl (C=O) groups is 1. The summed E-state index contributed by atoms with van der Waals surface area (Å²) in [6, 6.07) is 7.56. The molecule has 2 amide bonds. The summed E-state index contributed by atoms with van der Waals surface area (Å²) in [4.78, 5) is 24.0. The first kappa shape index (κ1) is 25.6. The third-order valence-electron chi connectivity index (χ3n) is 5.93. The second-order valence-corrected chi connectivity index (χ2v) is 8.39. The van der Waals surface area contributed by atoms with Crippen LogP contribution in [0.4, 0.5) is 16.3 Å². The number of benzene rings is 1. The van der Waals surface area contributed by atoms with Crippen LogP contribution in [-0.2, 0) is 21.7 Å². The van der Waals surface area contributed by atoms with Crippen LogP contribution < -0.4 is 15.5 Å². The lowest BCUT2D eigenvalue weighted by atomic mass is 9.96. The topological polar surface area (TPSA) is 88.6 Å². The molecule has 0 aliphatic carbocycles. The van der Waals surface area contributed by atoms with Gasteiger partial charge in [-0.2, -0.15) is 0 Å². The van der Waals surface area contributed by atoms with Crippen molar-refractivity contribution in [3.05, 3.63) is 48.2 Å². The fourth-order valence-corrected chi connectivity index (χ4v) is 4.22. The van der Waals surface area contributed by atoms with Crippen LogP contribution in [0, 0.1) is 0 Å². The van der Waals surface area contributed by atoms with Crippen molar-refractivity contribution in [1.29, 1.82) is 0 Å². The first-order chi connectivity index (χ1) is 16.4. The van der Waals surface area contributed by atoms with E-state index in [0.29, 0.717) is 44.3 Å². The van der Waals surface area contributed by atoms with E-state index in [0.717, 1.165) is 29.2 Å². The van der Waals surface area contributed by atoms with Crippen LogP contribution in [0.15, 0.2) is 36.9 Å². The second kappa shape index (κ2) is 11.4. The van der Waals surface area contributed by atoms with Gasteiger partial charge in [0.2, 0.25) is 0 Å². The van der Waals surface area contributed by atoms with Crippen molar-refractivity contribution in [3.8, 4) is 11.4 Å². The van der Waals surface area contributed by atoms with E-state index in [4.69, 9.17) is 19.4 Å². The van der Waals surface area contributed by atoms with Gasteiger partial charge >= 0.3 is 6.03 Å². The monoisotopic (exact) mass is 471 g/mol. The van der Waals surface area contributed by atoms with Gasteiger partial charge in [-0.3, -0.25) is 0 Å². The van der Waals surface area contributed by atoms with Gasteiger partial charge in [0.05, 0.1) is 31.6 Å². The molecule has 4 rings (SSSR count). The molecule has 3 heterocycles. The van der Waals surface area contributed by atoms with Crippen molar-refractivity contribution in [2.24, 2.45) is 0 Å². The molecule has 2 aliphatic rings. The summed E-state index contributed by atoms with van der Waals surface area (Å²) in [5.41, 5.74) is 3.02. The van der Waals surface area contributed by atoms with Gasteiger partial charge in [0.25, 0.3) is 0 Å². The highest BCUT2D eigenvalue weighted by molar-refractivity contribution is 5.89. The first-order valence-corrected chi connectivity index (χ1v) is 12.1. The van der Waals surface area contributed by atoms with Gasteiger partial charge in [-0.05, 0) is 51.5 Å². The molecule has 2 atom stereocenters. The van der Waals surface area contributed by atoms with E-state index in [1.165, 1.54) is 0 Å². The Hall–Kier alpha value is -2.97. The third-order valence-corrected chi connectivity index (χ3v) is 5.93. The van der Waals surface area contributed by atoms with Crippen LogP contribution in [0.3, 0.4) is 0 Å². The standard InChI is InChI=1S/C24H31N5O3.C2H6.2H2/c1-5-11-24(4)20-19(15-32-24)22(29-12-13-31-14-16(29)3)28-21(27-20)17-7-9-18(10-8-17)26-23(30)25-6-2;1-2;;/h5,7-10,16H,1,6,11-15H2,2-4H3,(H2,25,26,30);1-2H3;2*1H/t16-,24?;;;/m0.../s1. The maximum atomic E-state index is 11.8. The molecule has 2 aromatic rings. The van der Waals surface area contributed by atoms with Crippen LogP contribution in [0.25, 0.3) is 11.4 Å². The van der Waals surface area contributed by atoms with Crippen molar-refractivity contribution in [2.75, 3.05) is 36.5 Å². The number of fused-ring (bicyclic) bond motifs is 1. The lowest BCUT2D eigenvalue weighted by Gasteiger charge is -2.35. The Morgan fingerprint density at radius 1 is 1.32 bits per heavy atom. The molecule has 2 aliphatic heterocycles. The van der Waals surface area contributed by atoms with E-state index >= 15 is 0 Å². The van der Waals surface area contributed by atoms with Crippen LogP contribution in [-0.4, -0.2) is 48.3 Å². The van der Waals surface area contributed by atoms with E-state index < -0.39 is 5.60 Å². The van der Waals surface area contributed by atoms with E-state index in [1.54, 1.807) is 0 Å². The summed E-state index contributed by atoms with van der Waals surface area (Å²) in [6.45, 7) is 17.2. The first-order valence-electron chi connectivity index (χ1n) is 12.1. The number of morpholine rings is 1. The average Bonchev–Trinajstić information content (AvgIpc) is 3.17. The minimum absolute atomic E-state index is 0. The highest BCUT2D eigenvalue weighted by Gasteiger charge is 2.40. The van der Waals surface area contributed by atoms with Gasteiger partial charge in [-0.25, -0.2) is 14.8 Å². The van der Waals surface area contributed by atoms with Crippen molar-refractivity contribution in [1.82, 2.24) is 15.3 Å². The molecule has 0 bridgehead atoms. The molecular formula is C26H41N5O3. The van der Waals surface area contributed by atoms with E-state index in [2.05, 4.69) is 36.0 Å². The summed E-state index contributed by atoms with van der Waals surface area (Å²) in [6.07, 6.45) is 2.54. The minimum atomic E-state index is -0.529. The van der Waals surface area contributed by atoms with Crippen molar-refractivity contribution in [2.45, 2.75) is 59.3 Å². The Morgan fingerprint density at radius 2 is 2.06 bits per heavy atom. The fourth-order valence-electron chi connectivity index (χ4n) is 4.22. The number of rotatable bonds is 6. The molecule has 188 valence electrons. The maximum Gasteiger partial charge on any atom is 0.319 e. The van der Waals surface area contributed by atoms with Gasteiger partial charge in [0, 0.05) is 32.8 Å². The zero-order valence-corrected chi connectivity index (χ0v) is 21.0. The molecule has 0 spiro atoms. The number of urea groups is 1. The Balaban J connectivity index is 0.00000158. The SMILES string of the molecule is C=CCC1(C)OCc2c(N3CCOC[C@@H]3C)nc(-c3ccc(NC(=O)NCC)cc3)nc21.CC.[HH].[HH]. The predicted molar refractivity (Wildman–Crippen MR) is 140 cm³/mol. The normalized spacial score (nSPS) is 21.2. The number of nitrogens with one attached hydrogen (secondary N) is 2. The average molecular weight is 472 g/mol. The van der Waals surface area contributed by atoms with E-state index in [1.807, 2.05) is 51.1 Å². The molecule has 1 fully saturated rings. The summed E-state index contributed by atoms with van der Waals surface area (Å²) < 4.78 is 11.8. The highest BCUT2D eigenvalue weighted by Crippen LogP contribution is 2.43. The van der Waals surface area contributed by atoms with Crippen molar-refractivity contribution in [3.63, 3.8) is 0 Å². The Bertz CT molecular complexity index is 1010. The van der Waals surface area contributed by atoms with Gasteiger partial charge in [0.1, 0.15) is 11.4 Å². The number of amides is 2.